The molecule has 0 saturated carbocycles. The van der Waals surface area contributed by atoms with E-state index >= 15 is 0 Å². The number of imide groups is 1. The van der Waals surface area contributed by atoms with Crippen molar-refractivity contribution in [2.24, 2.45) is 0 Å². The van der Waals surface area contributed by atoms with Crippen LogP contribution in [0.15, 0.2) is 35.2 Å². The van der Waals surface area contributed by atoms with E-state index in [-0.39, 0.29) is 18.5 Å². The summed E-state index contributed by atoms with van der Waals surface area (Å²) in [4.78, 5) is 33.4. The molecule has 0 aromatic carbocycles. The zero-order valence-electron chi connectivity index (χ0n) is 17.7. The van der Waals surface area contributed by atoms with Gasteiger partial charge in [-0.1, -0.05) is 11.2 Å². The molecule has 1 aliphatic heterocycles. The van der Waals surface area contributed by atoms with Gasteiger partial charge in [0.2, 0.25) is 0 Å². The molecule has 0 aliphatic carbocycles. The third-order valence-electron chi connectivity index (χ3n) is 5.50. The lowest BCUT2D eigenvalue weighted by molar-refractivity contribution is -0.123. The molecule has 0 radical (unpaired) electrons. The Balaban J connectivity index is 1.59. The third kappa shape index (κ3) is 3.26. The van der Waals surface area contributed by atoms with Gasteiger partial charge in [0, 0.05) is 18.0 Å². The first kappa shape index (κ1) is 19.8. The minimum atomic E-state index is -0.993. The lowest BCUT2D eigenvalue weighted by Crippen LogP contribution is -2.43. The number of carbonyl (C=O) groups is 2. The maximum atomic E-state index is 13.2. The van der Waals surface area contributed by atoms with Crippen molar-refractivity contribution < 1.29 is 14.1 Å². The first-order chi connectivity index (χ1) is 14.2. The summed E-state index contributed by atoms with van der Waals surface area (Å²) in [5.41, 5.74) is 2.92. The number of urea groups is 1. The Morgan fingerprint density at radius 1 is 1.07 bits per heavy atom. The maximum Gasteiger partial charge on any atom is 0.332 e. The average molecular weight is 408 g/mol. The van der Waals surface area contributed by atoms with Crippen LogP contribution < -0.4 is 4.90 Å². The number of pyridine rings is 1. The fraction of sp³-hybridized carbons (Fsp3) is 0.381. The highest BCUT2D eigenvalue weighted by molar-refractivity contribution is 6.22. The predicted molar refractivity (Wildman–Crippen MR) is 109 cm³/mol. The first-order valence-corrected chi connectivity index (χ1v) is 9.70. The van der Waals surface area contributed by atoms with E-state index in [4.69, 9.17) is 4.52 Å². The van der Waals surface area contributed by atoms with Gasteiger partial charge in [0.15, 0.2) is 0 Å². The molecule has 1 fully saturated rings. The number of hydrogen-bond acceptors (Lipinski definition) is 6. The summed E-state index contributed by atoms with van der Waals surface area (Å²) >= 11 is 0. The lowest BCUT2D eigenvalue weighted by atomic mass is 10.0. The zero-order valence-corrected chi connectivity index (χ0v) is 17.7. The van der Waals surface area contributed by atoms with E-state index < -0.39 is 5.54 Å². The van der Waals surface area contributed by atoms with E-state index in [1.165, 1.54) is 11.1 Å². The summed E-state index contributed by atoms with van der Waals surface area (Å²) in [6.07, 6.45) is 4.96. The molecule has 3 aromatic rings. The van der Waals surface area contributed by atoms with Crippen LogP contribution in [0.2, 0.25) is 0 Å². The first-order valence-electron chi connectivity index (χ1n) is 9.70. The van der Waals surface area contributed by atoms with Gasteiger partial charge in [0.05, 0.1) is 36.4 Å². The summed E-state index contributed by atoms with van der Waals surface area (Å²) in [5.74, 6) is 0.423. The normalized spacial score (nSPS) is 16.0. The van der Waals surface area contributed by atoms with Gasteiger partial charge in [-0.25, -0.2) is 9.69 Å². The van der Waals surface area contributed by atoms with E-state index in [0.29, 0.717) is 12.2 Å². The van der Waals surface area contributed by atoms with Crippen LogP contribution in [0.1, 0.15) is 42.1 Å². The summed E-state index contributed by atoms with van der Waals surface area (Å²) in [6, 6.07) is 3.42. The number of anilines is 1. The van der Waals surface area contributed by atoms with Crippen molar-refractivity contribution in [1.29, 1.82) is 0 Å². The Kier molecular flexibility index (Phi) is 4.68. The molecule has 4 heterocycles. The monoisotopic (exact) mass is 408 g/mol. The molecule has 156 valence electrons. The van der Waals surface area contributed by atoms with E-state index in [2.05, 4.69) is 15.2 Å². The molecule has 1 aliphatic rings. The smallest absolute Gasteiger partial charge is 0.332 e. The van der Waals surface area contributed by atoms with Crippen molar-refractivity contribution in [3.8, 4) is 0 Å². The van der Waals surface area contributed by atoms with Crippen LogP contribution in [-0.4, -0.2) is 42.3 Å². The number of amides is 3. The lowest BCUT2D eigenvalue weighted by Gasteiger charge is -2.27. The van der Waals surface area contributed by atoms with Crippen LogP contribution in [0.5, 0.6) is 0 Å². The Hall–Kier alpha value is -3.49. The second kappa shape index (κ2) is 7.08. The number of carbonyl (C=O) groups excluding carboxylic acids is 2. The molecular weight excluding hydrogens is 384 g/mol. The predicted octanol–water partition coefficient (Wildman–Crippen LogP) is 2.99. The van der Waals surface area contributed by atoms with Crippen LogP contribution in [0.3, 0.4) is 0 Å². The van der Waals surface area contributed by atoms with Gasteiger partial charge in [-0.2, -0.15) is 5.10 Å². The second-order valence-corrected chi connectivity index (χ2v) is 8.09. The zero-order chi connectivity index (χ0) is 21.6. The van der Waals surface area contributed by atoms with Crippen LogP contribution in [0.4, 0.5) is 10.5 Å². The molecule has 4 rings (SSSR count). The molecule has 0 N–H and O–H groups in total. The van der Waals surface area contributed by atoms with E-state index in [9.17, 15) is 9.59 Å². The maximum absolute atomic E-state index is 13.2. The molecule has 9 heteroatoms. The number of rotatable bonds is 5. The van der Waals surface area contributed by atoms with Gasteiger partial charge in [-0.05, 0) is 46.2 Å². The average Bonchev–Trinajstić information content (AvgIpc) is 3.33. The number of aryl methyl sites for hydroxylation is 3. The summed E-state index contributed by atoms with van der Waals surface area (Å²) < 4.78 is 6.86. The number of nitrogens with zero attached hydrogens (tertiary/aromatic N) is 6. The van der Waals surface area contributed by atoms with Gasteiger partial charge in [0.1, 0.15) is 11.3 Å². The topological polar surface area (TPSA) is 97.4 Å². The summed E-state index contributed by atoms with van der Waals surface area (Å²) in [5, 5.41) is 8.27. The quantitative estimate of drug-likeness (QED) is 0.602. The second-order valence-electron chi connectivity index (χ2n) is 8.09. The SMILES string of the molecule is Cc1ccc(CN2C(=O)N(c3cnn(Cc4c(C)noc4C)c3)C(=O)C2(C)C)nc1. The van der Waals surface area contributed by atoms with Gasteiger partial charge >= 0.3 is 6.03 Å². The highest BCUT2D eigenvalue weighted by atomic mass is 16.5. The van der Waals surface area contributed by atoms with Gasteiger partial charge in [0.25, 0.3) is 5.91 Å². The van der Waals surface area contributed by atoms with E-state index in [0.717, 1.165) is 28.3 Å². The molecule has 30 heavy (non-hydrogen) atoms. The van der Waals surface area contributed by atoms with Crippen molar-refractivity contribution in [3.05, 3.63) is 59.0 Å². The molecule has 3 aromatic heterocycles. The Morgan fingerprint density at radius 3 is 2.47 bits per heavy atom. The fourth-order valence-corrected chi connectivity index (χ4v) is 3.53. The van der Waals surface area contributed by atoms with Crippen molar-refractivity contribution in [3.63, 3.8) is 0 Å². The van der Waals surface area contributed by atoms with Crippen LogP contribution >= 0.6 is 0 Å². The molecular formula is C21H24N6O3. The third-order valence-corrected chi connectivity index (χ3v) is 5.50. The summed E-state index contributed by atoms with van der Waals surface area (Å²) in [6.45, 7) is 9.84. The highest BCUT2D eigenvalue weighted by Gasteiger charge is 2.52. The Bertz CT molecular complexity index is 1090. The molecule has 0 spiro atoms. The van der Waals surface area contributed by atoms with Crippen LogP contribution in [0.25, 0.3) is 0 Å². The molecule has 0 bridgehead atoms. The standard InChI is InChI=1S/C21H24N6O3/c1-13-6-7-16(22-8-13)10-26-20(29)27(19(28)21(26,4)5)17-9-23-25(11-17)12-18-14(2)24-30-15(18)3/h6-9,11H,10,12H2,1-5H3. The molecule has 3 amide bonds. The fourth-order valence-electron chi connectivity index (χ4n) is 3.53. The number of aromatic nitrogens is 4. The minimum Gasteiger partial charge on any atom is -0.361 e. The number of hydrogen-bond donors (Lipinski definition) is 0. The Labute approximate surface area is 174 Å². The van der Waals surface area contributed by atoms with Crippen molar-refractivity contribution in [2.45, 2.75) is 53.2 Å². The molecule has 9 nitrogen and oxygen atoms in total. The van der Waals surface area contributed by atoms with Gasteiger partial charge < -0.3 is 9.42 Å². The Morgan fingerprint density at radius 2 is 1.83 bits per heavy atom. The molecule has 1 saturated heterocycles. The van der Waals surface area contributed by atoms with Gasteiger partial charge in [-0.3, -0.25) is 14.5 Å². The van der Waals surface area contributed by atoms with Crippen molar-refractivity contribution in [2.75, 3.05) is 4.90 Å². The minimum absolute atomic E-state index is 0.252. The van der Waals surface area contributed by atoms with Crippen LogP contribution in [-0.2, 0) is 17.9 Å². The van der Waals surface area contributed by atoms with Crippen LogP contribution in [0, 0.1) is 20.8 Å². The molecule has 0 unspecified atom stereocenters. The highest BCUT2D eigenvalue weighted by Crippen LogP contribution is 2.33. The largest absolute Gasteiger partial charge is 0.361 e. The van der Waals surface area contributed by atoms with E-state index in [1.807, 2.05) is 32.9 Å². The van der Waals surface area contributed by atoms with Crippen molar-refractivity contribution in [1.82, 2.24) is 24.8 Å². The summed E-state index contributed by atoms with van der Waals surface area (Å²) in [7, 11) is 0. The van der Waals surface area contributed by atoms with E-state index in [1.54, 1.807) is 35.8 Å². The molecule has 0 atom stereocenters. The van der Waals surface area contributed by atoms with Gasteiger partial charge in [-0.15, -0.1) is 0 Å². The van der Waals surface area contributed by atoms with Crippen molar-refractivity contribution >= 4 is 17.6 Å².